The highest BCUT2D eigenvalue weighted by molar-refractivity contribution is 7.10. The van der Waals surface area contributed by atoms with Crippen molar-refractivity contribution in [3.05, 3.63) is 38.6 Å². The van der Waals surface area contributed by atoms with Gasteiger partial charge in [-0.3, -0.25) is 14.7 Å². The maximum Gasteiger partial charge on any atom is 0.307 e. The summed E-state index contributed by atoms with van der Waals surface area (Å²) in [6.07, 6.45) is 8.30. The Balaban J connectivity index is 1.33. The van der Waals surface area contributed by atoms with Crippen LogP contribution in [0.4, 0.5) is 5.95 Å². The van der Waals surface area contributed by atoms with Crippen molar-refractivity contribution in [1.29, 1.82) is 0 Å². The number of ether oxygens (including phenoxy) is 1. The van der Waals surface area contributed by atoms with Crippen LogP contribution in [-0.2, 0) is 11.2 Å². The summed E-state index contributed by atoms with van der Waals surface area (Å²) in [5.41, 5.74) is 0.916. The zero-order valence-corrected chi connectivity index (χ0v) is 16.5. The second-order valence-electron chi connectivity index (χ2n) is 7.05. The third-order valence-electron chi connectivity index (χ3n) is 5.26. The Hall–Kier alpha value is -2.23. The first-order valence-electron chi connectivity index (χ1n) is 9.66. The van der Waals surface area contributed by atoms with Crippen LogP contribution in [0.2, 0.25) is 0 Å². The van der Waals surface area contributed by atoms with Gasteiger partial charge < -0.3 is 14.7 Å². The van der Waals surface area contributed by atoms with Gasteiger partial charge in [0.1, 0.15) is 0 Å². The van der Waals surface area contributed by atoms with E-state index < -0.39 is 0 Å². The normalized spacial score (nSPS) is 19.5. The summed E-state index contributed by atoms with van der Waals surface area (Å²) in [5, 5.41) is 9.62. The van der Waals surface area contributed by atoms with Gasteiger partial charge in [0.15, 0.2) is 0 Å². The van der Waals surface area contributed by atoms with E-state index in [0.29, 0.717) is 17.3 Å². The highest BCUT2D eigenvalue weighted by Crippen LogP contribution is 2.21. The number of nitrogens with zero attached hydrogens (tertiary/aromatic N) is 4. The molecule has 2 aromatic rings. The Labute approximate surface area is 167 Å². The molecule has 0 aliphatic carbocycles. The van der Waals surface area contributed by atoms with E-state index in [4.69, 9.17) is 9.72 Å². The van der Waals surface area contributed by atoms with E-state index in [9.17, 15) is 9.90 Å². The predicted molar refractivity (Wildman–Crippen MR) is 109 cm³/mol. The highest BCUT2D eigenvalue weighted by atomic mass is 32.1. The number of nitrogens with one attached hydrogen (secondary N) is 1. The monoisotopic (exact) mass is 403 g/mol. The first-order chi connectivity index (χ1) is 13.7. The molecule has 2 aromatic heterocycles. The van der Waals surface area contributed by atoms with Crippen LogP contribution in [0.3, 0.4) is 0 Å². The molecule has 9 heteroatoms. The summed E-state index contributed by atoms with van der Waals surface area (Å²) >= 11 is 0.986. The SMILES string of the molecule is O=c1[nH]c(O)c(C=CCc2ccnc(N3CCC(N4CCOCC4)CC3)n2)s1. The quantitative estimate of drug-likeness (QED) is 0.781. The van der Waals surface area contributed by atoms with E-state index in [1.54, 1.807) is 12.3 Å². The Bertz CT molecular complexity index is 866. The van der Waals surface area contributed by atoms with E-state index in [2.05, 4.69) is 19.8 Å². The van der Waals surface area contributed by atoms with Crippen LogP contribution in [-0.4, -0.2) is 70.4 Å². The van der Waals surface area contributed by atoms with Crippen molar-refractivity contribution in [2.45, 2.75) is 25.3 Å². The van der Waals surface area contributed by atoms with E-state index in [1.807, 2.05) is 12.1 Å². The van der Waals surface area contributed by atoms with Crippen molar-refractivity contribution < 1.29 is 9.84 Å². The summed E-state index contributed by atoms with van der Waals surface area (Å²) in [7, 11) is 0. The first-order valence-corrected chi connectivity index (χ1v) is 10.5. The summed E-state index contributed by atoms with van der Waals surface area (Å²) in [4.78, 5) is 27.8. The molecule has 0 spiro atoms. The highest BCUT2D eigenvalue weighted by Gasteiger charge is 2.26. The minimum absolute atomic E-state index is 0.0854. The molecule has 4 rings (SSSR count). The van der Waals surface area contributed by atoms with Crippen molar-refractivity contribution in [1.82, 2.24) is 19.9 Å². The van der Waals surface area contributed by atoms with Crippen molar-refractivity contribution >= 4 is 23.4 Å². The Morgan fingerprint density at radius 2 is 2.07 bits per heavy atom. The van der Waals surface area contributed by atoms with Gasteiger partial charge >= 0.3 is 4.87 Å². The molecule has 0 amide bonds. The van der Waals surface area contributed by atoms with Crippen LogP contribution in [0, 0.1) is 0 Å². The zero-order valence-electron chi connectivity index (χ0n) is 15.7. The maximum atomic E-state index is 11.2. The average molecular weight is 404 g/mol. The predicted octanol–water partition coefficient (Wildman–Crippen LogP) is 1.49. The Morgan fingerprint density at radius 3 is 2.79 bits per heavy atom. The van der Waals surface area contributed by atoms with Crippen molar-refractivity contribution in [2.75, 3.05) is 44.3 Å². The molecular formula is C19H25N5O3S. The molecule has 150 valence electrons. The molecule has 2 aliphatic rings. The number of anilines is 1. The number of allylic oxidation sites excluding steroid dienone is 1. The molecule has 28 heavy (non-hydrogen) atoms. The van der Waals surface area contributed by atoms with Gasteiger partial charge in [0.25, 0.3) is 0 Å². The fourth-order valence-electron chi connectivity index (χ4n) is 3.76. The van der Waals surface area contributed by atoms with Gasteiger partial charge in [-0.1, -0.05) is 17.4 Å². The number of hydrogen-bond acceptors (Lipinski definition) is 8. The summed E-state index contributed by atoms with van der Waals surface area (Å²) < 4.78 is 5.45. The van der Waals surface area contributed by atoms with Crippen molar-refractivity contribution in [3.8, 4) is 5.88 Å². The number of hydrogen-bond donors (Lipinski definition) is 2. The van der Waals surface area contributed by atoms with Gasteiger partial charge in [-0.25, -0.2) is 9.97 Å². The van der Waals surface area contributed by atoms with Crippen LogP contribution in [0.5, 0.6) is 5.88 Å². The van der Waals surface area contributed by atoms with E-state index in [-0.39, 0.29) is 10.8 Å². The van der Waals surface area contributed by atoms with Crippen LogP contribution in [0.25, 0.3) is 6.08 Å². The largest absolute Gasteiger partial charge is 0.493 e. The molecule has 4 heterocycles. The number of aromatic amines is 1. The van der Waals surface area contributed by atoms with Gasteiger partial charge in [-0.15, -0.1) is 0 Å². The lowest BCUT2D eigenvalue weighted by Crippen LogP contribution is -2.49. The van der Waals surface area contributed by atoms with E-state index in [0.717, 1.165) is 75.2 Å². The van der Waals surface area contributed by atoms with Crippen molar-refractivity contribution in [3.63, 3.8) is 0 Å². The number of morpholine rings is 1. The van der Waals surface area contributed by atoms with Crippen LogP contribution < -0.4 is 9.77 Å². The second kappa shape index (κ2) is 8.85. The van der Waals surface area contributed by atoms with E-state index >= 15 is 0 Å². The topological polar surface area (TPSA) is 94.6 Å². The number of H-pyrrole nitrogens is 1. The minimum Gasteiger partial charge on any atom is -0.493 e. The molecule has 2 N–H and O–H groups in total. The molecule has 0 radical (unpaired) electrons. The molecule has 0 aromatic carbocycles. The summed E-state index contributed by atoms with van der Waals surface area (Å²) in [5.74, 6) is 0.693. The summed E-state index contributed by atoms with van der Waals surface area (Å²) in [6.45, 7) is 5.69. The van der Waals surface area contributed by atoms with E-state index in [1.165, 1.54) is 0 Å². The fraction of sp³-hybridized carbons (Fsp3) is 0.526. The number of aromatic hydroxyl groups is 1. The van der Waals surface area contributed by atoms with Gasteiger partial charge in [0.2, 0.25) is 11.8 Å². The van der Waals surface area contributed by atoms with Crippen molar-refractivity contribution in [2.24, 2.45) is 0 Å². The smallest absolute Gasteiger partial charge is 0.307 e. The molecule has 2 saturated heterocycles. The fourth-order valence-corrected chi connectivity index (χ4v) is 4.42. The van der Waals surface area contributed by atoms with Gasteiger partial charge in [0, 0.05) is 50.5 Å². The number of aromatic nitrogens is 3. The molecule has 8 nitrogen and oxygen atoms in total. The number of piperidine rings is 1. The Morgan fingerprint density at radius 1 is 1.29 bits per heavy atom. The molecule has 2 aliphatic heterocycles. The average Bonchev–Trinajstić information content (AvgIpc) is 3.06. The number of thiazole rings is 1. The standard InChI is InChI=1S/C19H25N5O3S/c25-17-16(28-19(26)22-17)3-1-2-14-4-7-20-18(21-14)24-8-5-15(6-9-24)23-10-12-27-13-11-23/h1,3-4,7,15,25H,2,5-6,8-13H2,(H,22,26). The third kappa shape index (κ3) is 4.60. The lowest BCUT2D eigenvalue weighted by molar-refractivity contribution is 0.0114. The van der Waals surface area contributed by atoms with Gasteiger partial charge in [-0.2, -0.15) is 0 Å². The molecule has 0 saturated carbocycles. The molecular weight excluding hydrogens is 378 g/mol. The first kappa shape index (κ1) is 19.1. The van der Waals surface area contributed by atoms with Crippen LogP contribution in [0.1, 0.15) is 23.4 Å². The summed E-state index contributed by atoms with van der Waals surface area (Å²) in [6, 6.07) is 2.53. The molecule has 2 fully saturated rings. The number of rotatable bonds is 5. The second-order valence-corrected chi connectivity index (χ2v) is 8.06. The van der Waals surface area contributed by atoms with Crippen LogP contribution in [0.15, 0.2) is 23.1 Å². The van der Waals surface area contributed by atoms with Crippen LogP contribution >= 0.6 is 11.3 Å². The van der Waals surface area contributed by atoms with Gasteiger partial charge in [-0.05, 0) is 25.0 Å². The maximum absolute atomic E-state index is 11.2. The lowest BCUT2D eigenvalue weighted by atomic mass is 10.0. The molecule has 0 atom stereocenters. The molecule has 0 unspecified atom stereocenters. The zero-order chi connectivity index (χ0) is 19.3. The van der Waals surface area contributed by atoms with Gasteiger partial charge in [0.05, 0.1) is 18.1 Å². The lowest BCUT2D eigenvalue weighted by Gasteiger charge is -2.40. The minimum atomic E-state index is -0.262. The molecule has 0 bridgehead atoms. The third-order valence-corrected chi connectivity index (χ3v) is 6.10. The Kier molecular flexibility index (Phi) is 6.04.